The Morgan fingerprint density at radius 1 is 1.13 bits per heavy atom. The first kappa shape index (κ1) is 18.2. The van der Waals surface area contributed by atoms with Crippen LogP contribution in [0.2, 0.25) is 0 Å². The van der Waals surface area contributed by atoms with Gasteiger partial charge in [-0.25, -0.2) is 8.42 Å². The Bertz CT molecular complexity index is 604. The average molecular weight is 337 g/mol. The van der Waals surface area contributed by atoms with Crippen LogP contribution in [0.3, 0.4) is 0 Å². The van der Waals surface area contributed by atoms with Gasteiger partial charge in [0.15, 0.2) is 0 Å². The Balaban J connectivity index is 1.90. The van der Waals surface area contributed by atoms with E-state index < -0.39 is 10.0 Å². The molecule has 0 amide bonds. The number of benzene rings is 1. The van der Waals surface area contributed by atoms with Gasteiger partial charge in [-0.2, -0.15) is 4.31 Å². The minimum absolute atomic E-state index is 0.377. The van der Waals surface area contributed by atoms with Crippen LogP contribution in [0.15, 0.2) is 41.3 Å². The Labute approximate surface area is 140 Å². The standard InChI is InChI=1S/C18H28N2O2S/c1-3-20(4-2)23(21,22)18-12-10-17(11-13-18)15-19-14-16-8-6-5-7-9-16/h5-6,10-13,16,19H,3-4,7-9,14-15H2,1-2H3. The van der Waals surface area contributed by atoms with Crippen molar-refractivity contribution in [1.82, 2.24) is 9.62 Å². The first-order valence-corrected chi connectivity index (χ1v) is 9.96. The molecule has 0 aliphatic heterocycles. The lowest BCUT2D eigenvalue weighted by Crippen LogP contribution is -2.30. The highest BCUT2D eigenvalue weighted by Crippen LogP contribution is 2.18. The zero-order valence-electron chi connectivity index (χ0n) is 14.2. The maximum atomic E-state index is 12.4. The van der Waals surface area contributed by atoms with Gasteiger partial charge in [-0.05, 0) is 49.4 Å². The van der Waals surface area contributed by atoms with Crippen LogP contribution >= 0.6 is 0 Å². The molecule has 128 valence electrons. The van der Waals surface area contributed by atoms with E-state index in [0.29, 0.717) is 18.0 Å². The van der Waals surface area contributed by atoms with Gasteiger partial charge in [0.2, 0.25) is 10.0 Å². The minimum Gasteiger partial charge on any atom is -0.312 e. The van der Waals surface area contributed by atoms with Crippen molar-refractivity contribution in [3.8, 4) is 0 Å². The van der Waals surface area contributed by atoms with E-state index in [1.165, 1.54) is 17.1 Å². The summed E-state index contributed by atoms with van der Waals surface area (Å²) in [6.07, 6.45) is 8.12. The SMILES string of the molecule is CCN(CC)S(=O)(=O)c1ccc(CNCC2CC=CCC2)cc1. The second-order valence-electron chi connectivity index (χ2n) is 6.01. The number of nitrogens with zero attached hydrogens (tertiary/aromatic N) is 1. The minimum atomic E-state index is -3.35. The van der Waals surface area contributed by atoms with E-state index in [1.54, 1.807) is 12.1 Å². The van der Waals surface area contributed by atoms with Gasteiger partial charge in [0.25, 0.3) is 0 Å². The van der Waals surface area contributed by atoms with Gasteiger partial charge in [-0.1, -0.05) is 38.1 Å². The van der Waals surface area contributed by atoms with Crippen LogP contribution in [0.4, 0.5) is 0 Å². The molecule has 1 aliphatic rings. The van der Waals surface area contributed by atoms with Crippen LogP contribution in [0.1, 0.15) is 38.7 Å². The summed E-state index contributed by atoms with van der Waals surface area (Å²) in [6.45, 7) is 6.52. The highest BCUT2D eigenvalue weighted by Gasteiger charge is 2.21. The Morgan fingerprint density at radius 2 is 1.83 bits per heavy atom. The van der Waals surface area contributed by atoms with Crippen LogP contribution in [-0.2, 0) is 16.6 Å². The molecule has 1 aromatic rings. The molecule has 5 heteroatoms. The van der Waals surface area contributed by atoms with E-state index in [-0.39, 0.29) is 0 Å². The normalized spacial score (nSPS) is 18.5. The maximum Gasteiger partial charge on any atom is 0.243 e. The second kappa shape index (κ2) is 8.62. The van der Waals surface area contributed by atoms with Crippen LogP contribution < -0.4 is 5.32 Å². The Kier molecular flexibility index (Phi) is 6.81. The lowest BCUT2D eigenvalue weighted by Gasteiger charge is -2.19. The molecule has 0 aromatic heterocycles. The molecule has 2 rings (SSSR count). The van der Waals surface area contributed by atoms with E-state index in [0.717, 1.165) is 31.0 Å². The topological polar surface area (TPSA) is 49.4 Å². The zero-order chi connectivity index (χ0) is 16.7. The van der Waals surface area contributed by atoms with E-state index >= 15 is 0 Å². The summed E-state index contributed by atoms with van der Waals surface area (Å²) in [5, 5.41) is 3.48. The summed E-state index contributed by atoms with van der Waals surface area (Å²) in [5.41, 5.74) is 1.12. The highest BCUT2D eigenvalue weighted by atomic mass is 32.2. The van der Waals surface area contributed by atoms with Crippen molar-refractivity contribution in [1.29, 1.82) is 0 Å². The van der Waals surface area contributed by atoms with Gasteiger partial charge in [0.1, 0.15) is 0 Å². The number of hydrogen-bond donors (Lipinski definition) is 1. The number of hydrogen-bond acceptors (Lipinski definition) is 3. The number of allylic oxidation sites excluding steroid dienone is 2. The molecule has 0 spiro atoms. The third-order valence-corrected chi connectivity index (χ3v) is 6.47. The first-order chi connectivity index (χ1) is 11.1. The van der Waals surface area contributed by atoms with E-state index in [2.05, 4.69) is 17.5 Å². The number of sulfonamides is 1. The molecule has 1 N–H and O–H groups in total. The van der Waals surface area contributed by atoms with Gasteiger partial charge in [-0.3, -0.25) is 0 Å². The van der Waals surface area contributed by atoms with E-state index in [1.807, 2.05) is 26.0 Å². The predicted octanol–water partition coefficient (Wildman–Crippen LogP) is 3.16. The molecule has 0 fully saturated rings. The number of rotatable bonds is 8. The molecule has 0 saturated carbocycles. The van der Waals surface area contributed by atoms with Crippen molar-refractivity contribution in [2.24, 2.45) is 5.92 Å². The van der Waals surface area contributed by atoms with Crippen LogP contribution in [0.25, 0.3) is 0 Å². The summed E-state index contributed by atoms with van der Waals surface area (Å²) in [6, 6.07) is 7.25. The molecule has 1 aliphatic carbocycles. The van der Waals surface area contributed by atoms with Gasteiger partial charge >= 0.3 is 0 Å². The molecule has 0 bridgehead atoms. The van der Waals surface area contributed by atoms with Crippen molar-refractivity contribution in [3.63, 3.8) is 0 Å². The van der Waals surface area contributed by atoms with Gasteiger partial charge in [0.05, 0.1) is 4.90 Å². The molecule has 1 atom stereocenters. The largest absolute Gasteiger partial charge is 0.312 e. The molecular formula is C18H28N2O2S. The Morgan fingerprint density at radius 3 is 2.39 bits per heavy atom. The van der Waals surface area contributed by atoms with E-state index in [4.69, 9.17) is 0 Å². The average Bonchev–Trinajstić information content (AvgIpc) is 2.57. The molecule has 23 heavy (non-hydrogen) atoms. The van der Waals surface area contributed by atoms with Crippen molar-refractivity contribution in [3.05, 3.63) is 42.0 Å². The molecule has 4 nitrogen and oxygen atoms in total. The van der Waals surface area contributed by atoms with Crippen LogP contribution in [0, 0.1) is 5.92 Å². The third kappa shape index (κ3) is 4.90. The molecule has 1 unspecified atom stereocenters. The smallest absolute Gasteiger partial charge is 0.243 e. The Hall–Kier alpha value is -1.17. The number of nitrogens with one attached hydrogen (secondary N) is 1. The molecular weight excluding hydrogens is 308 g/mol. The van der Waals surface area contributed by atoms with Crippen molar-refractivity contribution in [2.45, 2.75) is 44.6 Å². The van der Waals surface area contributed by atoms with Crippen molar-refractivity contribution in [2.75, 3.05) is 19.6 Å². The van der Waals surface area contributed by atoms with E-state index in [9.17, 15) is 8.42 Å². The molecule has 1 aromatic carbocycles. The van der Waals surface area contributed by atoms with Gasteiger partial charge in [0, 0.05) is 19.6 Å². The highest BCUT2D eigenvalue weighted by molar-refractivity contribution is 7.89. The summed E-state index contributed by atoms with van der Waals surface area (Å²) in [5.74, 6) is 0.724. The van der Waals surface area contributed by atoms with Crippen LogP contribution in [0.5, 0.6) is 0 Å². The summed E-state index contributed by atoms with van der Waals surface area (Å²) in [4.78, 5) is 0.377. The fraction of sp³-hybridized carbons (Fsp3) is 0.556. The zero-order valence-corrected chi connectivity index (χ0v) is 15.0. The molecule has 0 saturated heterocycles. The second-order valence-corrected chi connectivity index (χ2v) is 7.95. The van der Waals surface area contributed by atoms with Crippen molar-refractivity contribution < 1.29 is 8.42 Å². The lowest BCUT2D eigenvalue weighted by atomic mass is 9.94. The fourth-order valence-electron chi connectivity index (χ4n) is 2.95. The van der Waals surface area contributed by atoms with Crippen LogP contribution in [-0.4, -0.2) is 32.4 Å². The predicted molar refractivity (Wildman–Crippen MR) is 94.7 cm³/mol. The van der Waals surface area contributed by atoms with Crippen molar-refractivity contribution >= 4 is 10.0 Å². The quantitative estimate of drug-likeness (QED) is 0.742. The maximum absolute atomic E-state index is 12.4. The summed E-state index contributed by atoms with van der Waals surface area (Å²) < 4.78 is 26.3. The lowest BCUT2D eigenvalue weighted by molar-refractivity contribution is 0.440. The molecule has 0 radical (unpaired) electrons. The summed E-state index contributed by atoms with van der Waals surface area (Å²) in [7, 11) is -3.35. The first-order valence-electron chi connectivity index (χ1n) is 8.52. The van der Waals surface area contributed by atoms with Gasteiger partial charge < -0.3 is 5.32 Å². The van der Waals surface area contributed by atoms with Gasteiger partial charge in [-0.15, -0.1) is 0 Å². The fourth-order valence-corrected chi connectivity index (χ4v) is 4.41. The monoisotopic (exact) mass is 336 g/mol. The molecule has 0 heterocycles. The third-order valence-electron chi connectivity index (χ3n) is 4.41. The summed E-state index contributed by atoms with van der Waals surface area (Å²) >= 11 is 0.